The molecule has 0 aliphatic rings. The molecule has 0 radical (unpaired) electrons. The van der Waals surface area contributed by atoms with E-state index in [0.29, 0.717) is 39.9 Å². The van der Waals surface area contributed by atoms with E-state index in [1.54, 1.807) is 43.5 Å². The van der Waals surface area contributed by atoms with Gasteiger partial charge in [0.25, 0.3) is 5.56 Å². The monoisotopic (exact) mass is 528 g/mol. The zero-order chi connectivity index (χ0) is 26.6. The van der Waals surface area contributed by atoms with E-state index in [1.165, 1.54) is 16.7 Å². The standard InChI is InChI=1S/C29H25FN4O3S/c1-3-37-22-13-11-21(12-14-22)34-28(36)27-26(23(16-31-27)19-7-5-4-6-8-19)33-29(34)38-17-25(35)32-24-15-20(30)10-9-18(24)2/h4-16,31H,3,17H2,1-2H3,(H,32,35). The number of benzene rings is 3. The molecule has 3 aromatic carbocycles. The van der Waals surface area contributed by atoms with Crippen molar-refractivity contribution in [2.24, 2.45) is 0 Å². The molecule has 0 saturated heterocycles. The highest BCUT2D eigenvalue weighted by Crippen LogP contribution is 2.29. The van der Waals surface area contributed by atoms with Gasteiger partial charge in [-0.1, -0.05) is 48.2 Å². The Bertz CT molecular complexity index is 1660. The van der Waals surface area contributed by atoms with Crippen LogP contribution in [0.5, 0.6) is 5.75 Å². The first kappa shape index (κ1) is 25.3. The highest BCUT2D eigenvalue weighted by molar-refractivity contribution is 7.99. The van der Waals surface area contributed by atoms with E-state index in [-0.39, 0.29) is 17.2 Å². The number of aromatic amines is 1. The van der Waals surface area contributed by atoms with Crippen molar-refractivity contribution in [3.63, 3.8) is 0 Å². The van der Waals surface area contributed by atoms with Crippen LogP contribution >= 0.6 is 11.8 Å². The van der Waals surface area contributed by atoms with Crippen LogP contribution in [-0.2, 0) is 4.79 Å². The van der Waals surface area contributed by atoms with Gasteiger partial charge in [0.1, 0.15) is 22.6 Å². The molecule has 192 valence electrons. The molecule has 0 spiro atoms. The average Bonchev–Trinajstić information content (AvgIpc) is 3.35. The normalized spacial score (nSPS) is 11.0. The second-order valence-electron chi connectivity index (χ2n) is 8.55. The Labute approximate surface area is 222 Å². The van der Waals surface area contributed by atoms with Crippen molar-refractivity contribution < 1.29 is 13.9 Å². The third-order valence-corrected chi connectivity index (χ3v) is 6.90. The Balaban J connectivity index is 1.54. The summed E-state index contributed by atoms with van der Waals surface area (Å²) in [5, 5.41) is 3.10. The topological polar surface area (TPSA) is 89.0 Å². The summed E-state index contributed by atoms with van der Waals surface area (Å²) < 4.78 is 20.7. The Kier molecular flexibility index (Phi) is 7.28. The van der Waals surface area contributed by atoms with Crippen molar-refractivity contribution in [3.8, 4) is 22.6 Å². The number of aryl methyl sites for hydroxylation is 1. The number of nitrogens with zero attached hydrogens (tertiary/aromatic N) is 2. The number of aromatic nitrogens is 3. The molecule has 5 rings (SSSR count). The predicted molar refractivity (Wildman–Crippen MR) is 149 cm³/mol. The highest BCUT2D eigenvalue weighted by Gasteiger charge is 2.19. The molecule has 2 N–H and O–H groups in total. The van der Waals surface area contributed by atoms with Crippen molar-refractivity contribution in [2.75, 3.05) is 17.7 Å². The molecule has 1 amide bonds. The van der Waals surface area contributed by atoms with E-state index < -0.39 is 5.82 Å². The van der Waals surface area contributed by atoms with Crippen molar-refractivity contribution in [1.82, 2.24) is 14.5 Å². The lowest BCUT2D eigenvalue weighted by molar-refractivity contribution is -0.113. The minimum absolute atomic E-state index is 0.0317. The number of nitrogens with one attached hydrogen (secondary N) is 2. The molecule has 0 saturated carbocycles. The number of hydrogen-bond acceptors (Lipinski definition) is 5. The van der Waals surface area contributed by atoms with Crippen LogP contribution in [0.3, 0.4) is 0 Å². The smallest absolute Gasteiger partial charge is 0.283 e. The van der Waals surface area contributed by atoms with E-state index in [2.05, 4.69) is 10.3 Å². The molecule has 7 nitrogen and oxygen atoms in total. The number of carbonyl (C=O) groups is 1. The predicted octanol–water partition coefficient (Wildman–Crippen LogP) is 5.96. The summed E-state index contributed by atoms with van der Waals surface area (Å²) in [6, 6.07) is 21.0. The summed E-state index contributed by atoms with van der Waals surface area (Å²) in [6.45, 7) is 4.22. The van der Waals surface area contributed by atoms with Gasteiger partial charge >= 0.3 is 0 Å². The molecule has 2 heterocycles. The minimum atomic E-state index is -0.434. The Morgan fingerprint density at radius 2 is 1.87 bits per heavy atom. The van der Waals surface area contributed by atoms with Gasteiger partial charge in [-0.3, -0.25) is 14.2 Å². The lowest BCUT2D eigenvalue weighted by atomic mass is 10.1. The molecule has 38 heavy (non-hydrogen) atoms. The van der Waals surface area contributed by atoms with Crippen molar-refractivity contribution in [1.29, 1.82) is 0 Å². The van der Waals surface area contributed by atoms with E-state index in [0.717, 1.165) is 28.5 Å². The Morgan fingerprint density at radius 1 is 1.11 bits per heavy atom. The van der Waals surface area contributed by atoms with Gasteiger partial charge in [-0.15, -0.1) is 0 Å². The number of H-pyrrole nitrogens is 1. The fourth-order valence-electron chi connectivity index (χ4n) is 4.10. The second-order valence-corrected chi connectivity index (χ2v) is 9.49. The number of hydrogen-bond donors (Lipinski definition) is 2. The molecular formula is C29H25FN4O3S. The molecule has 2 aromatic heterocycles. The van der Waals surface area contributed by atoms with E-state index in [4.69, 9.17) is 9.72 Å². The molecule has 0 aliphatic heterocycles. The van der Waals surface area contributed by atoms with Crippen LogP contribution in [0.2, 0.25) is 0 Å². The minimum Gasteiger partial charge on any atom is -0.494 e. The maximum Gasteiger partial charge on any atom is 0.283 e. The van der Waals surface area contributed by atoms with Gasteiger partial charge in [0.2, 0.25) is 5.91 Å². The molecule has 0 aliphatic carbocycles. The molecule has 0 atom stereocenters. The summed E-state index contributed by atoms with van der Waals surface area (Å²) in [4.78, 5) is 34.5. The van der Waals surface area contributed by atoms with E-state index in [1.807, 2.05) is 37.3 Å². The van der Waals surface area contributed by atoms with Crippen LogP contribution in [0.4, 0.5) is 10.1 Å². The summed E-state index contributed by atoms with van der Waals surface area (Å²) >= 11 is 1.13. The molecular weight excluding hydrogens is 503 g/mol. The van der Waals surface area contributed by atoms with Crippen molar-refractivity contribution >= 4 is 34.4 Å². The van der Waals surface area contributed by atoms with Crippen LogP contribution in [0.15, 0.2) is 88.9 Å². The number of ether oxygens (including phenoxy) is 1. The molecule has 5 aromatic rings. The largest absolute Gasteiger partial charge is 0.494 e. The number of thioether (sulfide) groups is 1. The molecule has 9 heteroatoms. The van der Waals surface area contributed by atoms with Crippen LogP contribution in [0.25, 0.3) is 27.8 Å². The van der Waals surface area contributed by atoms with Gasteiger partial charge in [0, 0.05) is 17.4 Å². The number of rotatable bonds is 8. The Morgan fingerprint density at radius 3 is 2.61 bits per heavy atom. The summed E-state index contributed by atoms with van der Waals surface area (Å²) in [7, 11) is 0. The zero-order valence-corrected chi connectivity index (χ0v) is 21.6. The second kappa shape index (κ2) is 10.9. The first-order valence-electron chi connectivity index (χ1n) is 12.1. The van der Waals surface area contributed by atoms with Gasteiger partial charge in [-0.25, -0.2) is 9.37 Å². The average molecular weight is 529 g/mol. The third-order valence-electron chi connectivity index (χ3n) is 5.97. The molecule has 0 fully saturated rings. The van der Waals surface area contributed by atoms with Crippen LogP contribution in [0, 0.1) is 12.7 Å². The van der Waals surface area contributed by atoms with Crippen LogP contribution in [-0.4, -0.2) is 32.8 Å². The lowest BCUT2D eigenvalue weighted by Crippen LogP contribution is -2.23. The van der Waals surface area contributed by atoms with Gasteiger partial charge in [0.15, 0.2) is 5.16 Å². The van der Waals surface area contributed by atoms with Gasteiger partial charge in [-0.05, 0) is 61.4 Å². The number of anilines is 1. The number of carbonyl (C=O) groups excluding carboxylic acids is 1. The quantitative estimate of drug-likeness (QED) is 0.192. The SMILES string of the molecule is CCOc1ccc(-n2c(SCC(=O)Nc3cc(F)ccc3C)nc3c(-c4ccccc4)c[nH]c3c2=O)cc1. The maximum absolute atomic E-state index is 13.7. The van der Waals surface area contributed by atoms with Crippen LogP contribution < -0.4 is 15.6 Å². The van der Waals surface area contributed by atoms with Gasteiger partial charge < -0.3 is 15.0 Å². The number of amides is 1. The number of fused-ring (bicyclic) bond motifs is 1. The first-order chi connectivity index (χ1) is 18.4. The van der Waals surface area contributed by atoms with Crippen molar-refractivity contribution in [2.45, 2.75) is 19.0 Å². The number of halogens is 1. The van der Waals surface area contributed by atoms with Gasteiger partial charge in [-0.2, -0.15) is 0 Å². The van der Waals surface area contributed by atoms with E-state index in [9.17, 15) is 14.0 Å². The summed E-state index contributed by atoms with van der Waals surface area (Å²) in [5.74, 6) is -0.121. The maximum atomic E-state index is 13.7. The first-order valence-corrected chi connectivity index (χ1v) is 13.0. The highest BCUT2D eigenvalue weighted by atomic mass is 32.2. The van der Waals surface area contributed by atoms with Crippen molar-refractivity contribution in [3.05, 3.63) is 101 Å². The Hall–Kier alpha value is -4.37. The fraction of sp³-hybridized carbons (Fsp3) is 0.138. The van der Waals surface area contributed by atoms with Gasteiger partial charge in [0.05, 0.1) is 18.0 Å². The molecule has 0 unspecified atom stereocenters. The third kappa shape index (κ3) is 5.19. The van der Waals surface area contributed by atoms with E-state index >= 15 is 0 Å². The fourth-order valence-corrected chi connectivity index (χ4v) is 4.91. The summed E-state index contributed by atoms with van der Waals surface area (Å²) in [6.07, 6.45) is 1.77. The summed E-state index contributed by atoms with van der Waals surface area (Å²) in [5.41, 5.74) is 4.04. The molecule has 0 bridgehead atoms. The lowest BCUT2D eigenvalue weighted by Gasteiger charge is -2.14. The zero-order valence-electron chi connectivity index (χ0n) is 20.8. The van der Waals surface area contributed by atoms with Crippen LogP contribution in [0.1, 0.15) is 12.5 Å².